The third-order valence-corrected chi connectivity index (χ3v) is 2.54. The molecule has 0 aliphatic heterocycles. The highest BCUT2D eigenvalue weighted by atomic mass is 19.4. The van der Waals surface area contributed by atoms with Crippen LogP contribution in [0.1, 0.15) is 13.8 Å². The van der Waals surface area contributed by atoms with Crippen molar-refractivity contribution in [3.63, 3.8) is 0 Å². The van der Waals surface area contributed by atoms with Gasteiger partial charge in [0.05, 0.1) is 0 Å². The highest BCUT2D eigenvalue weighted by Gasteiger charge is 2.77. The van der Waals surface area contributed by atoms with Crippen LogP contribution >= 0.6 is 0 Å². The normalized spacial score (nSPS) is 13.7. The van der Waals surface area contributed by atoms with Crippen molar-refractivity contribution in [1.29, 1.82) is 0 Å². The van der Waals surface area contributed by atoms with Crippen molar-refractivity contribution in [1.82, 2.24) is 4.90 Å². The minimum atomic E-state index is -6.55. The number of ether oxygens (including phenoxy) is 1. The van der Waals surface area contributed by atoms with Gasteiger partial charge in [0.15, 0.2) is 0 Å². The van der Waals surface area contributed by atoms with Crippen LogP contribution in [0.25, 0.3) is 0 Å². The molecule has 0 amide bonds. The lowest BCUT2D eigenvalue weighted by Crippen LogP contribution is -2.56. The third kappa shape index (κ3) is 3.97. The molecule has 0 unspecified atom stereocenters. The van der Waals surface area contributed by atoms with Crippen LogP contribution in [-0.4, -0.2) is 55.1 Å². The predicted molar refractivity (Wildman–Crippen MR) is 54.7 cm³/mol. The van der Waals surface area contributed by atoms with E-state index in [0.717, 1.165) is 0 Å². The summed E-state index contributed by atoms with van der Waals surface area (Å²) in [5, 5.41) is 0. The van der Waals surface area contributed by atoms with Gasteiger partial charge in [-0.15, -0.1) is 0 Å². The molecule has 0 aromatic rings. The molecule has 0 bridgehead atoms. The first-order valence-electron chi connectivity index (χ1n) is 5.63. The van der Waals surface area contributed by atoms with Gasteiger partial charge in [-0.1, -0.05) is 13.8 Å². The van der Waals surface area contributed by atoms with E-state index < -0.39 is 30.6 Å². The van der Waals surface area contributed by atoms with Gasteiger partial charge >= 0.3 is 24.0 Å². The van der Waals surface area contributed by atoms with Crippen molar-refractivity contribution < 1.29 is 40.3 Å². The highest BCUT2D eigenvalue weighted by Crippen LogP contribution is 2.46. The average molecular weight is 313 g/mol. The molecule has 0 aromatic heterocycles. The minimum Gasteiger partial charge on any atom is -0.460 e. The van der Waals surface area contributed by atoms with Crippen molar-refractivity contribution in [3.8, 4) is 0 Å². The average Bonchev–Trinajstić information content (AvgIpc) is 2.32. The van der Waals surface area contributed by atoms with Gasteiger partial charge in [0, 0.05) is 6.54 Å². The van der Waals surface area contributed by atoms with Gasteiger partial charge in [0.2, 0.25) is 0 Å². The maximum absolute atomic E-state index is 12.8. The third-order valence-electron chi connectivity index (χ3n) is 2.54. The first-order valence-corrected chi connectivity index (χ1v) is 5.63. The quantitative estimate of drug-likeness (QED) is 0.535. The highest BCUT2D eigenvalue weighted by molar-refractivity contribution is 5.79. The van der Waals surface area contributed by atoms with Crippen LogP contribution in [-0.2, 0) is 9.53 Å². The summed E-state index contributed by atoms with van der Waals surface area (Å²) in [6.07, 6.45) is -6.55. The zero-order valence-corrected chi connectivity index (χ0v) is 10.7. The lowest BCUT2D eigenvalue weighted by molar-refractivity contribution is -0.348. The van der Waals surface area contributed by atoms with Gasteiger partial charge in [0.1, 0.15) is 6.61 Å². The van der Waals surface area contributed by atoms with Crippen molar-refractivity contribution in [2.24, 2.45) is 0 Å². The second-order valence-corrected chi connectivity index (χ2v) is 3.81. The fraction of sp³-hybridized carbons (Fsp3) is 0.900. The molecule has 0 radical (unpaired) electrons. The standard InChI is InChI=1S/C10H14F7NO2/c1-3-18(4-2)5-6-20-7(19)8(11,12)9(13,14)10(15,16)17/h3-6H2,1-2H3. The molecular weight excluding hydrogens is 299 g/mol. The fourth-order valence-corrected chi connectivity index (χ4v) is 1.20. The molecule has 0 saturated carbocycles. The first kappa shape index (κ1) is 18.9. The van der Waals surface area contributed by atoms with Gasteiger partial charge in [-0.2, -0.15) is 30.7 Å². The summed E-state index contributed by atoms with van der Waals surface area (Å²) in [4.78, 5) is 12.4. The molecule has 0 rings (SSSR count). The predicted octanol–water partition coefficient (Wildman–Crippen LogP) is 2.70. The maximum Gasteiger partial charge on any atom is 0.460 e. The topological polar surface area (TPSA) is 29.5 Å². The molecule has 0 heterocycles. The Bertz CT molecular complexity index is 326. The number of rotatable bonds is 7. The van der Waals surface area contributed by atoms with E-state index in [0.29, 0.717) is 13.1 Å². The Morgan fingerprint density at radius 2 is 1.45 bits per heavy atom. The van der Waals surface area contributed by atoms with Crippen LogP contribution in [0.15, 0.2) is 0 Å². The molecule has 0 aliphatic carbocycles. The summed E-state index contributed by atoms with van der Waals surface area (Å²) in [7, 11) is 0. The SMILES string of the molecule is CCN(CC)CCOC(=O)C(F)(F)C(F)(F)C(F)(F)F. The number of likely N-dealkylation sites (N-methyl/N-ethyl adjacent to an activating group) is 1. The first-order chi connectivity index (χ1) is 8.91. The number of nitrogens with zero attached hydrogens (tertiary/aromatic N) is 1. The summed E-state index contributed by atoms with van der Waals surface area (Å²) >= 11 is 0. The summed E-state index contributed by atoms with van der Waals surface area (Å²) in [5.41, 5.74) is 0. The Hall–Kier alpha value is -1.06. The molecule has 0 N–H and O–H groups in total. The van der Waals surface area contributed by atoms with Gasteiger partial charge in [-0.25, -0.2) is 4.79 Å². The Morgan fingerprint density at radius 3 is 1.80 bits per heavy atom. The summed E-state index contributed by atoms with van der Waals surface area (Å²) in [6.45, 7) is 3.61. The number of alkyl halides is 7. The van der Waals surface area contributed by atoms with E-state index in [1.54, 1.807) is 18.7 Å². The molecular formula is C10H14F7NO2. The molecule has 0 aromatic carbocycles. The zero-order chi connectivity index (χ0) is 16.2. The van der Waals surface area contributed by atoms with Crippen LogP contribution < -0.4 is 0 Å². The molecule has 0 saturated heterocycles. The lowest BCUT2D eigenvalue weighted by atomic mass is 10.1. The lowest BCUT2D eigenvalue weighted by Gasteiger charge is -2.26. The molecule has 0 fully saturated rings. The van der Waals surface area contributed by atoms with E-state index in [9.17, 15) is 35.5 Å². The Kier molecular flexibility index (Phi) is 6.25. The van der Waals surface area contributed by atoms with E-state index in [4.69, 9.17) is 0 Å². The number of hydrogen-bond donors (Lipinski definition) is 0. The number of hydrogen-bond acceptors (Lipinski definition) is 3. The zero-order valence-electron chi connectivity index (χ0n) is 10.7. The van der Waals surface area contributed by atoms with E-state index in [-0.39, 0.29) is 6.54 Å². The summed E-state index contributed by atoms with van der Waals surface area (Å²) in [5.74, 6) is -15.3. The fourth-order valence-electron chi connectivity index (χ4n) is 1.20. The summed E-state index contributed by atoms with van der Waals surface area (Å²) < 4.78 is 89.8. The number of carbonyl (C=O) groups is 1. The van der Waals surface area contributed by atoms with Crippen LogP contribution in [0.4, 0.5) is 30.7 Å². The van der Waals surface area contributed by atoms with E-state index >= 15 is 0 Å². The van der Waals surface area contributed by atoms with Crippen LogP contribution in [0, 0.1) is 0 Å². The largest absolute Gasteiger partial charge is 0.460 e. The maximum atomic E-state index is 12.8. The molecule has 10 heteroatoms. The van der Waals surface area contributed by atoms with Gasteiger partial charge in [-0.3, -0.25) is 0 Å². The Balaban J connectivity index is 4.68. The van der Waals surface area contributed by atoms with Gasteiger partial charge < -0.3 is 9.64 Å². The van der Waals surface area contributed by atoms with E-state index in [1.165, 1.54) is 0 Å². The van der Waals surface area contributed by atoms with Crippen molar-refractivity contribution in [3.05, 3.63) is 0 Å². The van der Waals surface area contributed by atoms with E-state index in [2.05, 4.69) is 4.74 Å². The second-order valence-electron chi connectivity index (χ2n) is 3.81. The Morgan fingerprint density at radius 1 is 1.00 bits per heavy atom. The number of halogens is 7. The van der Waals surface area contributed by atoms with Crippen molar-refractivity contribution >= 4 is 5.97 Å². The van der Waals surface area contributed by atoms with Crippen LogP contribution in [0.2, 0.25) is 0 Å². The van der Waals surface area contributed by atoms with Crippen molar-refractivity contribution in [2.45, 2.75) is 31.9 Å². The van der Waals surface area contributed by atoms with Crippen LogP contribution in [0.3, 0.4) is 0 Å². The molecule has 3 nitrogen and oxygen atoms in total. The van der Waals surface area contributed by atoms with Gasteiger partial charge in [0.25, 0.3) is 0 Å². The Labute approximate surface area is 110 Å². The van der Waals surface area contributed by atoms with E-state index in [1.807, 2.05) is 0 Å². The molecule has 120 valence electrons. The molecule has 0 atom stereocenters. The van der Waals surface area contributed by atoms with Crippen LogP contribution in [0.5, 0.6) is 0 Å². The van der Waals surface area contributed by atoms with Gasteiger partial charge in [-0.05, 0) is 13.1 Å². The monoisotopic (exact) mass is 313 g/mol. The number of carbonyl (C=O) groups excluding carboxylic acids is 1. The number of esters is 1. The summed E-state index contributed by atoms with van der Waals surface area (Å²) in [6, 6.07) is 0. The minimum absolute atomic E-state index is 0.0492. The molecule has 0 spiro atoms. The molecule has 20 heavy (non-hydrogen) atoms. The smallest absolute Gasteiger partial charge is 0.460 e. The molecule has 0 aliphatic rings. The second kappa shape index (κ2) is 6.59. The van der Waals surface area contributed by atoms with Crippen molar-refractivity contribution in [2.75, 3.05) is 26.2 Å².